The molecule has 0 aliphatic heterocycles. The molecular formula is C13H13NO2. The third-order valence-corrected chi connectivity index (χ3v) is 3.13. The van der Waals surface area contributed by atoms with Gasteiger partial charge in [-0.05, 0) is 38.0 Å². The minimum Gasteiger partial charge on any atom is -0.477 e. The van der Waals surface area contributed by atoms with Crippen LogP contribution in [0, 0.1) is 6.92 Å². The van der Waals surface area contributed by atoms with Gasteiger partial charge in [0.2, 0.25) is 0 Å². The van der Waals surface area contributed by atoms with Crippen LogP contribution in [0.25, 0.3) is 10.9 Å². The van der Waals surface area contributed by atoms with Gasteiger partial charge in [0, 0.05) is 16.9 Å². The molecular weight excluding hydrogens is 202 g/mol. The van der Waals surface area contributed by atoms with E-state index in [1.807, 2.05) is 29.7 Å². The summed E-state index contributed by atoms with van der Waals surface area (Å²) < 4.78 is 1.97. The highest BCUT2D eigenvalue weighted by Crippen LogP contribution is 2.39. The van der Waals surface area contributed by atoms with Crippen LogP contribution in [0.4, 0.5) is 0 Å². The number of aryl methyl sites for hydroxylation is 1. The molecule has 0 amide bonds. The summed E-state index contributed by atoms with van der Waals surface area (Å²) in [6, 6.07) is 8.28. The third kappa shape index (κ3) is 1.32. The Hall–Kier alpha value is -1.77. The second-order valence-corrected chi connectivity index (χ2v) is 4.50. The largest absolute Gasteiger partial charge is 0.477 e. The van der Waals surface area contributed by atoms with Gasteiger partial charge in [0.05, 0.1) is 0 Å². The summed E-state index contributed by atoms with van der Waals surface area (Å²) in [5, 5.41) is 10.2. The SMILES string of the molecule is Cc1ccc2c(c1)cc(C(=O)O)n2C1CC1. The van der Waals surface area contributed by atoms with E-state index in [4.69, 9.17) is 0 Å². The zero-order chi connectivity index (χ0) is 11.3. The van der Waals surface area contributed by atoms with Crippen LogP contribution in [0.5, 0.6) is 0 Å². The van der Waals surface area contributed by atoms with Crippen LogP contribution in [0.3, 0.4) is 0 Å². The molecule has 3 nitrogen and oxygen atoms in total. The van der Waals surface area contributed by atoms with E-state index in [9.17, 15) is 9.90 Å². The van der Waals surface area contributed by atoms with Crippen LogP contribution >= 0.6 is 0 Å². The Labute approximate surface area is 93.3 Å². The molecule has 1 aromatic carbocycles. The highest BCUT2D eigenvalue weighted by Gasteiger charge is 2.29. The number of carboxylic acids is 1. The predicted octanol–water partition coefficient (Wildman–Crippen LogP) is 2.98. The van der Waals surface area contributed by atoms with E-state index in [0.717, 1.165) is 29.3 Å². The smallest absolute Gasteiger partial charge is 0.352 e. The van der Waals surface area contributed by atoms with Crippen molar-refractivity contribution in [2.45, 2.75) is 25.8 Å². The zero-order valence-corrected chi connectivity index (χ0v) is 9.10. The summed E-state index contributed by atoms with van der Waals surface area (Å²) in [6.07, 6.45) is 2.19. The topological polar surface area (TPSA) is 42.2 Å². The molecule has 1 heterocycles. The van der Waals surface area contributed by atoms with Gasteiger partial charge in [-0.3, -0.25) is 0 Å². The second-order valence-electron chi connectivity index (χ2n) is 4.50. The van der Waals surface area contributed by atoms with E-state index in [1.54, 1.807) is 6.07 Å². The van der Waals surface area contributed by atoms with Crippen molar-refractivity contribution in [2.24, 2.45) is 0 Å². The molecule has 1 saturated carbocycles. The van der Waals surface area contributed by atoms with Gasteiger partial charge in [0.1, 0.15) is 5.69 Å². The summed E-state index contributed by atoms with van der Waals surface area (Å²) in [5.41, 5.74) is 2.63. The summed E-state index contributed by atoms with van der Waals surface area (Å²) in [7, 11) is 0. The Bertz CT molecular complexity index is 579. The van der Waals surface area contributed by atoms with Crippen molar-refractivity contribution < 1.29 is 9.90 Å². The minimum absolute atomic E-state index is 0.395. The Balaban J connectivity index is 2.32. The number of aromatic carboxylic acids is 1. The van der Waals surface area contributed by atoms with Crippen LogP contribution in [-0.2, 0) is 0 Å². The van der Waals surface area contributed by atoms with Crippen LogP contribution in [0.1, 0.15) is 34.9 Å². The summed E-state index contributed by atoms with van der Waals surface area (Å²) in [6.45, 7) is 2.02. The van der Waals surface area contributed by atoms with Crippen molar-refractivity contribution in [1.82, 2.24) is 4.57 Å². The van der Waals surface area contributed by atoms with Crippen molar-refractivity contribution >= 4 is 16.9 Å². The average Bonchev–Trinajstić information content (AvgIpc) is 2.99. The molecule has 0 radical (unpaired) electrons. The third-order valence-electron chi connectivity index (χ3n) is 3.13. The normalized spacial score (nSPS) is 15.6. The van der Waals surface area contributed by atoms with Crippen LogP contribution in [0.15, 0.2) is 24.3 Å². The first-order valence-electron chi connectivity index (χ1n) is 5.52. The quantitative estimate of drug-likeness (QED) is 0.836. The lowest BCUT2D eigenvalue weighted by molar-refractivity contribution is 0.0685. The molecule has 0 atom stereocenters. The Morgan fingerprint density at radius 1 is 1.38 bits per heavy atom. The van der Waals surface area contributed by atoms with E-state index in [2.05, 4.69) is 0 Å². The van der Waals surface area contributed by atoms with Gasteiger partial charge in [0.25, 0.3) is 0 Å². The molecule has 1 aromatic heterocycles. The van der Waals surface area contributed by atoms with E-state index in [1.165, 1.54) is 0 Å². The van der Waals surface area contributed by atoms with E-state index < -0.39 is 5.97 Å². The lowest BCUT2D eigenvalue weighted by Crippen LogP contribution is -2.06. The van der Waals surface area contributed by atoms with Crippen LogP contribution < -0.4 is 0 Å². The minimum atomic E-state index is -0.833. The Kier molecular flexibility index (Phi) is 1.84. The summed E-state index contributed by atoms with van der Waals surface area (Å²) >= 11 is 0. The number of hydrogen-bond donors (Lipinski definition) is 1. The van der Waals surface area contributed by atoms with Crippen molar-refractivity contribution in [3.8, 4) is 0 Å². The van der Waals surface area contributed by atoms with E-state index >= 15 is 0 Å². The van der Waals surface area contributed by atoms with Gasteiger partial charge < -0.3 is 9.67 Å². The molecule has 16 heavy (non-hydrogen) atoms. The molecule has 1 N–H and O–H groups in total. The monoisotopic (exact) mass is 215 g/mol. The standard InChI is InChI=1S/C13H13NO2/c1-8-2-5-11-9(6-8)7-12(13(15)16)14(11)10-3-4-10/h2,5-7,10H,3-4H2,1H3,(H,15,16). The van der Waals surface area contributed by atoms with Gasteiger partial charge in [-0.1, -0.05) is 11.6 Å². The lowest BCUT2D eigenvalue weighted by atomic mass is 10.2. The average molecular weight is 215 g/mol. The molecule has 1 fully saturated rings. The second kappa shape index (κ2) is 3.11. The fraction of sp³-hybridized carbons (Fsp3) is 0.308. The molecule has 3 heteroatoms. The zero-order valence-electron chi connectivity index (χ0n) is 9.10. The fourth-order valence-corrected chi connectivity index (χ4v) is 2.25. The highest BCUT2D eigenvalue weighted by molar-refractivity contribution is 5.95. The molecule has 3 rings (SSSR count). The van der Waals surface area contributed by atoms with Gasteiger partial charge in [-0.2, -0.15) is 0 Å². The highest BCUT2D eigenvalue weighted by atomic mass is 16.4. The number of benzene rings is 1. The number of hydrogen-bond acceptors (Lipinski definition) is 1. The first-order chi connectivity index (χ1) is 7.66. The first kappa shape index (κ1) is 9.46. The first-order valence-corrected chi connectivity index (χ1v) is 5.52. The predicted molar refractivity (Wildman–Crippen MR) is 61.9 cm³/mol. The number of nitrogens with zero attached hydrogens (tertiary/aromatic N) is 1. The van der Waals surface area contributed by atoms with E-state index in [0.29, 0.717) is 11.7 Å². The molecule has 2 aromatic rings. The van der Waals surface area contributed by atoms with Crippen molar-refractivity contribution in [2.75, 3.05) is 0 Å². The van der Waals surface area contributed by atoms with Gasteiger partial charge in [0.15, 0.2) is 0 Å². The van der Waals surface area contributed by atoms with Crippen molar-refractivity contribution in [1.29, 1.82) is 0 Å². The maximum atomic E-state index is 11.2. The van der Waals surface area contributed by atoms with Gasteiger partial charge >= 0.3 is 5.97 Å². The summed E-state index contributed by atoms with van der Waals surface area (Å²) in [4.78, 5) is 11.2. The van der Waals surface area contributed by atoms with Gasteiger partial charge in [-0.15, -0.1) is 0 Å². The molecule has 1 aliphatic carbocycles. The Morgan fingerprint density at radius 2 is 2.12 bits per heavy atom. The fourth-order valence-electron chi connectivity index (χ4n) is 2.25. The van der Waals surface area contributed by atoms with Crippen molar-refractivity contribution in [3.05, 3.63) is 35.5 Å². The Morgan fingerprint density at radius 3 is 2.75 bits per heavy atom. The summed E-state index contributed by atoms with van der Waals surface area (Å²) in [5.74, 6) is -0.833. The number of carboxylic acid groups (broad SMARTS) is 1. The van der Waals surface area contributed by atoms with E-state index in [-0.39, 0.29) is 0 Å². The number of rotatable bonds is 2. The number of fused-ring (bicyclic) bond motifs is 1. The number of aromatic nitrogens is 1. The van der Waals surface area contributed by atoms with Crippen LogP contribution in [-0.4, -0.2) is 15.6 Å². The van der Waals surface area contributed by atoms with Crippen LogP contribution in [0.2, 0.25) is 0 Å². The number of carbonyl (C=O) groups is 1. The molecule has 0 spiro atoms. The molecule has 82 valence electrons. The molecule has 1 aliphatic rings. The molecule has 0 saturated heterocycles. The lowest BCUT2D eigenvalue weighted by Gasteiger charge is -2.05. The maximum Gasteiger partial charge on any atom is 0.352 e. The maximum absolute atomic E-state index is 11.2. The van der Waals surface area contributed by atoms with Crippen molar-refractivity contribution in [3.63, 3.8) is 0 Å². The molecule has 0 unspecified atom stereocenters. The van der Waals surface area contributed by atoms with Gasteiger partial charge in [-0.25, -0.2) is 4.79 Å². The molecule has 0 bridgehead atoms.